The molecule has 0 aliphatic carbocycles. The monoisotopic (exact) mass is 220 g/mol. The molecule has 0 bridgehead atoms. The lowest BCUT2D eigenvalue weighted by Crippen LogP contribution is -1.97. The molecule has 1 atom stereocenters. The van der Waals surface area contributed by atoms with Crippen LogP contribution in [0, 0.1) is 5.92 Å². The summed E-state index contributed by atoms with van der Waals surface area (Å²) >= 11 is 6.37. The van der Waals surface area contributed by atoms with Crippen molar-refractivity contribution < 1.29 is 0 Å². The Morgan fingerprint density at radius 2 is 1.92 bits per heavy atom. The summed E-state index contributed by atoms with van der Waals surface area (Å²) in [7, 11) is 0. The zero-order valence-corrected chi connectivity index (χ0v) is 10.8. The summed E-state index contributed by atoms with van der Waals surface area (Å²) in [5, 5.41) is 0. The molecule has 0 aromatic rings. The molecule has 0 aliphatic heterocycles. The van der Waals surface area contributed by atoms with E-state index in [1.54, 1.807) is 0 Å². The minimum Gasteiger partial charge on any atom is -0.179 e. The van der Waals surface area contributed by atoms with Gasteiger partial charge in [0, 0.05) is 0 Å². The Kier molecular flexibility index (Phi) is 11.4. The minimum absolute atomic E-state index is 0.871. The van der Waals surface area contributed by atoms with E-state index in [0.717, 1.165) is 11.7 Å². The van der Waals surface area contributed by atoms with E-state index in [9.17, 15) is 0 Å². The Morgan fingerprint density at radius 3 is 2.54 bits per heavy atom. The molecular formula is C11H24S2. The van der Waals surface area contributed by atoms with E-state index in [0.29, 0.717) is 0 Å². The molecule has 0 heterocycles. The van der Waals surface area contributed by atoms with Crippen molar-refractivity contribution in [2.24, 2.45) is 5.92 Å². The molecule has 0 rings (SSSR count). The van der Waals surface area contributed by atoms with Crippen LogP contribution in [0.2, 0.25) is 0 Å². The second-order valence-corrected chi connectivity index (χ2v) is 5.40. The van der Waals surface area contributed by atoms with Crippen molar-refractivity contribution in [2.75, 3.05) is 17.3 Å². The van der Waals surface area contributed by atoms with Gasteiger partial charge in [-0.2, -0.15) is 24.4 Å². The van der Waals surface area contributed by atoms with E-state index in [-0.39, 0.29) is 0 Å². The first kappa shape index (κ1) is 13.7. The van der Waals surface area contributed by atoms with Crippen molar-refractivity contribution in [3.05, 3.63) is 0 Å². The van der Waals surface area contributed by atoms with E-state index in [1.807, 2.05) is 0 Å². The first-order valence-electron chi connectivity index (χ1n) is 5.49. The highest BCUT2D eigenvalue weighted by Crippen LogP contribution is 2.14. The highest BCUT2D eigenvalue weighted by atomic mass is 32.2. The lowest BCUT2D eigenvalue weighted by atomic mass is 10.1. The summed E-state index contributed by atoms with van der Waals surface area (Å²) in [5.74, 6) is 4.62. The maximum atomic E-state index is 4.24. The van der Waals surface area contributed by atoms with E-state index in [1.165, 1.54) is 43.6 Å². The third-order valence-corrected chi connectivity index (χ3v) is 3.63. The number of thiol groups is 1. The number of thioether (sulfide) groups is 1. The Balaban J connectivity index is 2.97. The quantitative estimate of drug-likeness (QED) is 0.447. The van der Waals surface area contributed by atoms with E-state index < -0.39 is 0 Å². The minimum atomic E-state index is 0.871. The van der Waals surface area contributed by atoms with Crippen molar-refractivity contribution in [3.8, 4) is 0 Å². The summed E-state index contributed by atoms with van der Waals surface area (Å²) in [6.07, 6.45) is 6.80. The molecule has 0 amide bonds. The predicted octanol–water partition coefficient (Wildman–Crippen LogP) is 4.26. The molecule has 1 unspecified atom stereocenters. The molecule has 80 valence electrons. The van der Waals surface area contributed by atoms with Crippen LogP contribution in [-0.4, -0.2) is 17.3 Å². The first-order chi connectivity index (χ1) is 6.31. The summed E-state index contributed by atoms with van der Waals surface area (Å²) in [4.78, 5) is 0. The van der Waals surface area contributed by atoms with Gasteiger partial charge in [-0.3, -0.25) is 0 Å². The average Bonchev–Trinajstić information content (AvgIpc) is 2.11. The molecule has 0 nitrogen and oxygen atoms in total. The molecule has 0 saturated carbocycles. The number of hydrogen-bond acceptors (Lipinski definition) is 2. The molecule has 0 spiro atoms. The van der Waals surface area contributed by atoms with Crippen LogP contribution in [0.25, 0.3) is 0 Å². The Morgan fingerprint density at radius 1 is 1.15 bits per heavy atom. The van der Waals surface area contributed by atoms with Gasteiger partial charge in [-0.05, 0) is 42.4 Å². The van der Waals surface area contributed by atoms with E-state index >= 15 is 0 Å². The largest absolute Gasteiger partial charge is 0.179 e. The standard InChI is InChI=1S/C11H24S2/c1-3-4-5-9-13-10-7-11(2)6-8-12/h11-12H,3-10H2,1-2H3. The summed E-state index contributed by atoms with van der Waals surface area (Å²) in [5.41, 5.74) is 0. The van der Waals surface area contributed by atoms with Crippen molar-refractivity contribution >= 4 is 24.4 Å². The van der Waals surface area contributed by atoms with E-state index in [2.05, 4.69) is 38.2 Å². The average molecular weight is 220 g/mol. The molecule has 0 N–H and O–H groups in total. The molecule has 2 heteroatoms. The van der Waals surface area contributed by atoms with Crippen molar-refractivity contribution in [2.45, 2.75) is 46.0 Å². The zero-order valence-electron chi connectivity index (χ0n) is 9.09. The van der Waals surface area contributed by atoms with Gasteiger partial charge >= 0.3 is 0 Å². The fraction of sp³-hybridized carbons (Fsp3) is 1.00. The van der Waals surface area contributed by atoms with Crippen LogP contribution in [0.1, 0.15) is 46.0 Å². The van der Waals surface area contributed by atoms with Gasteiger partial charge in [0.15, 0.2) is 0 Å². The number of unbranched alkanes of at least 4 members (excludes halogenated alkanes) is 2. The third kappa shape index (κ3) is 10.6. The Hall–Kier alpha value is 0.700. The topological polar surface area (TPSA) is 0 Å². The van der Waals surface area contributed by atoms with Crippen molar-refractivity contribution in [1.82, 2.24) is 0 Å². The second kappa shape index (κ2) is 10.8. The van der Waals surface area contributed by atoms with Gasteiger partial charge in [0.05, 0.1) is 0 Å². The maximum Gasteiger partial charge on any atom is -0.00650 e. The highest BCUT2D eigenvalue weighted by Gasteiger charge is 1.99. The smallest absolute Gasteiger partial charge is 0.00650 e. The fourth-order valence-corrected chi connectivity index (χ4v) is 2.83. The number of rotatable bonds is 9. The van der Waals surface area contributed by atoms with Gasteiger partial charge in [-0.15, -0.1) is 0 Å². The fourth-order valence-electron chi connectivity index (χ4n) is 1.21. The summed E-state index contributed by atoms with van der Waals surface area (Å²) in [6.45, 7) is 4.60. The van der Waals surface area contributed by atoms with Gasteiger partial charge in [-0.25, -0.2) is 0 Å². The lowest BCUT2D eigenvalue weighted by Gasteiger charge is -2.08. The number of hydrogen-bond donors (Lipinski definition) is 1. The van der Waals surface area contributed by atoms with Gasteiger partial charge in [0.25, 0.3) is 0 Å². The zero-order chi connectivity index (χ0) is 9.94. The molecule has 0 aromatic carbocycles. The van der Waals surface area contributed by atoms with Crippen LogP contribution in [0.3, 0.4) is 0 Å². The molecule has 0 radical (unpaired) electrons. The Bertz CT molecular complexity index is 94.1. The summed E-state index contributed by atoms with van der Waals surface area (Å²) in [6, 6.07) is 0. The van der Waals surface area contributed by atoms with Gasteiger partial charge < -0.3 is 0 Å². The SMILES string of the molecule is CCCCCSCCC(C)CCS. The lowest BCUT2D eigenvalue weighted by molar-refractivity contribution is 0.554. The van der Waals surface area contributed by atoms with Gasteiger partial charge in [0.2, 0.25) is 0 Å². The second-order valence-electron chi connectivity index (χ2n) is 3.73. The first-order valence-corrected chi connectivity index (χ1v) is 7.28. The molecule has 0 saturated heterocycles. The van der Waals surface area contributed by atoms with Crippen molar-refractivity contribution in [3.63, 3.8) is 0 Å². The van der Waals surface area contributed by atoms with Crippen LogP contribution in [0.4, 0.5) is 0 Å². The molecule has 0 fully saturated rings. The molecular weight excluding hydrogens is 196 g/mol. The third-order valence-electron chi connectivity index (χ3n) is 2.27. The van der Waals surface area contributed by atoms with Crippen LogP contribution in [0.15, 0.2) is 0 Å². The molecule has 0 aliphatic rings. The van der Waals surface area contributed by atoms with E-state index in [4.69, 9.17) is 0 Å². The highest BCUT2D eigenvalue weighted by molar-refractivity contribution is 7.99. The Labute approximate surface area is 93.7 Å². The summed E-state index contributed by atoms with van der Waals surface area (Å²) < 4.78 is 0. The van der Waals surface area contributed by atoms with Crippen molar-refractivity contribution in [1.29, 1.82) is 0 Å². The predicted molar refractivity (Wildman–Crippen MR) is 69.1 cm³/mol. The molecule has 13 heavy (non-hydrogen) atoms. The van der Waals surface area contributed by atoms with Crippen LogP contribution in [0.5, 0.6) is 0 Å². The van der Waals surface area contributed by atoms with Crippen LogP contribution in [-0.2, 0) is 0 Å². The normalized spacial score (nSPS) is 13.2. The van der Waals surface area contributed by atoms with Gasteiger partial charge in [0.1, 0.15) is 0 Å². The maximum absolute atomic E-state index is 4.24. The van der Waals surface area contributed by atoms with Crippen LogP contribution < -0.4 is 0 Å². The van der Waals surface area contributed by atoms with Crippen LogP contribution >= 0.6 is 24.4 Å². The molecule has 0 aromatic heterocycles. The van der Waals surface area contributed by atoms with Gasteiger partial charge in [-0.1, -0.05) is 26.7 Å².